The van der Waals surface area contributed by atoms with Gasteiger partial charge in [0.25, 0.3) is 0 Å². The van der Waals surface area contributed by atoms with Crippen molar-refractivity contribution in [3.05, 3.63) is 54.1 Å². The Labute approximate surface area is 202 Å². The molecule has 1 saturated heterocycles. The Balaban J connectivity index is 1.23. The average Bonchev–Trinajstić information content (AvgIpc) is 3.42. The van der Waals surface area contributed by atoms with Gasteiger partial charge in [-0.2, -0.15) is 0 Å². The Morgan fingerprint density at radius 3 is 2.74 bits per heavy atom. The van der Waals surface area contributed by atoms with E-state index in [2.05, 4.69) is 14.9 Å². The molecule has 0 amide bonds. The molecule has 6 rings (SSSR count). The Morgan fingerprint density at radius 1 is 1.11 bits per heavy atom. The molecule has 7 nitrogen and oxygen atoms in total. The van der Waals surface area contributed by atoms with Crippen LogP contribution in [0.1, 0.15) is 18.5 Å². The number of aromatic amines is 1. The molecule has 2 fully saturated rings. The summed E-state index contributed by atoms with van der Waals surface area (Å²) in [6, 6.07) is 10.5. The lowest BCUT2D eigenvalue weighted by Gasteiger charge is -2.17. The van der Waals surface area contributed by atoms with Gasteiger partial charge >= 0.3 is 0 Å². The van der Waals surface area contributed by atoms with Crippen molar-refractivity contribution in [1.82, 2.24) is 14.9 Å². The Kier molecular flexibility index (Phi) is 5.30. The van der Waals surface area contributed by atoms with E-state index in [4.69, 9.17) is 14.2 Å². The summed E-state index contributed by atoms with van der Waals surface area (Å²) in [5, 5.41) is 11.4. The van der Waals surface area contributed by atoms with Gasteiger partial charge in [-0.05, 0) is 50.1 Å². The first-order chi connectivity index (χ1) is 17.0. The first kappa shape index (κ1) is 22.1. The van der Waals surface area contributed by atoms with Crippen molar-refractivity contribution in [2.75, 3.05) is 33.4 Å². The van der Waals surface area contributed by atoms with E-state index in [9.17, 15) is 5.11 Å². The van der Waals surface area contributed by atoms with Crippen LogP contribution in [0.2, 0.25) is 0 Å². The minimum atomic E-state index is -0.413. The molecular formula is C27H28FN3O4. The number of methoxy groups -OCH3 is 1. The molecule has 2 N–H and O–H groups in total. The van der Waals surface area contributed by atoms with Gasteiger partial charge in [-0.15, -0.1) is 0 Å². The summed E-state index contributed by atoms with van der Waals surface area (Å²) < 4.78 is 32.7. The molecule has 4 aromatic rings. The largest absolute Gasteiger partial charge is 0.493 e. The van der Waals surface area contributed by atoms with Crippen LogP contribution < -0.4 is 14.2 Å². The number of H-pyrrole nitrogens is 1. The first-order valence-corrected chi connectivity index (χ1v) is 11.9. The highest BCUT2D eigenvalue weighted by molar-refractivity contribution is 5.89. The lowest BCUT2D eigenvalue weighted by atomic mass is 10.0. The fourth-order valence-electron chi connectivity index (χ4n) is 5.14. The van der Waals surface area contributed by atoms with Crippen LogP contribution in [0.5, 0.6) is 23.0 Å². The van der Waals surface area contributed by atoms with Gasteiger partial charge < -0.3 is 24.3 Å². The number of benzene rings is 2. The van der Waals surface area contributed by atoms with E-state index in [1.54, 1.807) is 37.6 Å². The number of aliphatic hydroxyl groups excluding tert-OH is 1. The number of nitrogens with one attached hydrogen (secondary N) is 1. The number of ether oxygens (including phenoxy) is 3. The molecule has 1 atom stereocenters. The Morgan fingerprint density at radius 2 is 1.97 bits per heavy atom. The third kappa shape index (κ3) is 3.96. The number of aryl methyl sites for hydroxylation is 1. The van der Waals surface area contributed by atoms with Crippen LogP contribution in [-0.4, -0.2) is 59.4 Å². The lowest BCUT2D eigenvalue weighted by Crippen LogP contribution is -2.27. The van der Waals surface area contributed by atoms with Crippen molar-refractivity contribution >= 4 is 21.8 Å². The third-order valence-electron chi connectivity index (χ3n) is 7.28. The van der Waals surface area contributed by atoms with Crippen molar-refractivity contribution < 1.29 is 23.7 Å². The van der Waals surface area contributed by atoms with Gasteiger partial charge in [-0.1, -0.05) is 0 Å². The van der Waals surface area contributed by atoms with Crippen LogP contribution in [0.15, 0.2) is 42.6 Å². The quantitative estimate of drug-likeness (QED) is 0.398. The highest BCUT2D eigenvalue weighted by Crippen LogP contribution is 2.52. The molecule has 0 unspecified atom stereocenters. The zero-order chi connectivity index (χ0) is 24.2. The molecule has 35 heavy (non-hydrogen) atoms. The topological polar surface area (TPSA) is 79.8 Å². The number of nitrogens with zero attached hydrogens (tertiary/aromatic N) is 2. The van der Waals surface area contributed by atoms with E-state index < -0.39 is 5.82 Å². The van der Waals surface area contributed by atoms with E-state index in [1.807, 2.05) is 19.1 Å². The summed E-state index contributed by atoms with van der Waals surface area (Å²) in [6.07, 6.45) is 3.63. The maximum atomic E-state index is 15.1. The molecule has 1 aliphatic carbocycles. The highest BCUT2D eigenvalue weighted by atomic mass is 19.1. The predicted molar refractivity (Wildman–Crippen MR) is 131 cm³/mol. The summed E-state index contributed by atoms with van der Waals surface area (Å²) in [4.78, 5) is 9.85. The molecule has 2 aromatic heterocycles. The molecule has 182 valence electrons. The minimum Gasteiger partial charge on any atom is -0.493 e. The zero-order valence-electron chi connectivity index (χ0n) is 19.8. The fourth-order valence-corrected chi connectivity index (χ4v) is 5.14. The molecular weight excluding hydrogens is 449 g/mol. The number of hydrogen-bond donors (Lipinski definition) is 2. The molecule has 2 aliphatic rings. The van der Waals surface area contributed by atoms with Crippen molar-refractivity contribution in [1.29, 1.82) is 0 Å². The molecule has 0 bridgehead atoms. The van der Waals surface area contributed by atoms with Crippen molar-refractivity contribution in [3.8, 4) is 23.0 Å². The number of pyridine rings is 1. The fraction of sp³-hybridized carbons (Fsp3) is 0.370. The standard InChI is InChI=1S/C27H28FN3O4/c1-16-11-18-19(30-16)3-4-22(26(18)28)35-21-5-8-29-20-13-24(23(33-2)12-17(20)21)34-10-9-31-14-25(32)27(15-31)6-7-27/h3-5,8,11-13,25,30,32H,6-7,9-10,14-15H2,1-2H3/t25-/m0/s1. The van der Waals surface area contributed by atoms with Crippen LogP contribution >= 0.6 is 0 Å². The summed E-state index contributed by atoms with van der Waals surface area (Å²) in [5.74, 6) is 1.34. The first-order valence-electron chi connectivity index (χ1n) is 11.9. The monoisotopic (exact) mass is 477 g/mol. The Hall–Kier alpha value is -3.36. The summed E-state index contributed by atoms with van der Waals surface area (Å²) in [5.41, 5.74) is 2.40. The summed E-state index contributed by atoms with van der Waals surface area (Å²) in [7, 11) is 1.58. The maximum absolute atomic E-state index is 15.1. The normalized spacial score (nSPS) is 19.0. The van der Waals surface area contributed by atoms with Crippen LogP contribution in [0, 0.1) is 18.2 Å². The third-order valence-corrected chi connectivity index (χ3v) is 7.28. The van der Waals surface area contributed by atoms with E-state index in [0.717, 1.165) is 37.1 Å². The number of aliphatic hydroxyl groups is 1. The van der Waals surface area contributed by atoms with Gasteiger partial charge in [0.15, 0.2) is 23.1 Å². The van der Waals surface area contributed by atoms with Crippen molar-refractivity contribution in [2.45, 2.75) is 25.9 Å². The second-order valence-corrected chi connectivity index (χ2v) is 9.68. The number of likely N-dealkylation sites (tertiary alicyclic amines) is 1. The van der Waals surface area contributed by atoms with Crippen molar-refractivity contribution in [3.63, 3.8) is 0 Å². The molecule has 3 heterocycles. The van der Waals surface area contributed by atoms with Gasteiger partial charge in [-0.25, -0.2) is 4.39 Å². The summed E-state index contributed by atoms with van der Waals surface area (Å²) in [6.45, 7) is 4.73. The number of hydrogen-bond acceptors (Lipinski definition) is 6. The second-order valence-electron chi connectivity index (χ2n) is 9.68. The SMILES string of the molecule is COc1cc2c(Oc3ccc4[nH]c(C)cc4c3F)ccnc2cc1OCCN1C[C@H](O)C2(CC2)C1. The molecule has 1 aliphatic heterocycles. The highest BCUT2D eigenvalue weighted by Gasteiger charge is 2.54. The van der Waals surface area contributed by atoms with E-state index in [-0.39, 0.29) is 17.3 Å². The van der Waals surface area contributed by atoms with Crippen LogP contribution in [0.4, 0.5) is 4.39 Å². The molecule has 8 heteroatoms. The predicted octanol–water partition coefficient (Wildman–Crippen LogP) is 4.80. The molecule has 0 radical (unpaired) electrons. The second kappa shape index (κ2) is 8.39. The van der Waals surface area contributed by atoms with Gasteiger partial charge in [0.2, 0.25) is 0 Å². The van der Waals surface area contributed by atoms with Crippen LogP contribution in [0.3, 0.4) is 0 Å². The zero-order valence-corrected chi connectivity index (χ0v) is 19.8. The van der Waals surface area contributed by atoms with Crippen molar-refractivity contribution in [2.24, 2.45) is 5.41 Å². The van der Waals surface area contributed by atoms with E-state index >= 15 is 4.39 Å². The summed E-state index contributed by atoms with van der Waals surface area (Å²) >= 11 is 0. The van der Waals surface area contributed by atoms with E-state index in [1.165, 1.54) is 0 Å². The van der Waals surface area contributed by atoms with Crippen LogP contribution in [0.25, 0.3) is 21.8 Å². The smallest absolute Gasteiger partial charge is 0.175 e. The van der Waals surface area contributed by atoms with Gasteiger partial charge in [-0.3, -0.25) is 9.88 Å². The molecule has 2 aromatic carbocycles. The van der Waals surface area contributed by atoms with Gasteiger partial charge in [0, 0.05) is 59.3 Å². The van der Waals surface area contributed by atoms with Gasteiger partial charge in [0.05, 0.1) is 18.7 Å². The number of fused-ring (bicyclic) bond motifs is 2. The number of rotatable bonds is 7. The molecule has 1 spiro atoms. The minimum absolute atomic E-state index is 0.130. The van der Waals surface area contributed by atoms with Gasteiger partial charge in [0.1, 0.15) is 12.4 Å². The maximum Gasteiger partial charge on any atom is 0.175 e. The number of β-amino-alcohol motifs (C(OH)–C–C–N with tert-alkyl or cyclic N) is 1. The Bertz CT molecular complexity index is 1410. The number of halogens is 1. The van der Waals surface area contributed by atoms with E-state index in [0.29, 0.717) is 46.7 Å². The lowest BCUT2D eigenvalue weighted by molar-refractivity contribution is 0.130. The average molecular weight is 478 g/mol. The van der Waals surface area contributed by atoms with Crippen LogP contribution in [-0.2, 0) is 0 Å². The number of aromatic nitrogens is 2. The molecule has 1 saturated carbocycles.